The molecule has 6 heteroatoms. The second-order valence-electron chi connectivity index (χ2n) is 8.12. The highest BCUT2D eigenvalue weighted by atomic mass is 32.2. The lowest BCUT2D eigenvalue weighted by Crippen LogP contribution is -2.40. The molecule has 0 aliphatic carbocycles. The van der Waals surface area contributed by atoms with E-state index in [0.717, 1.165) is 16.7 Å². The summed E-state index contributed by atoms with van der Waals surface area (Å²) in [5, 5.41) is 2.93. The van der Waals surface area contributed by atoms with Crippen LogP contribution in [0.2, 0.25) is 0 Å². The Labute approximate surface area is 189 Å². The van der Waals surface area contributed by atoms with Gasteiger partial charge in [-0.05, 0) is 43.5 Å². The highest BCUT2D eigenvalue weighted by Crippen LogP contribution is 2.42. The summed E-state index contributed by atoms with van der Waals surface area (Å²) < 4.78 is 28.3. The molecule has 3 aromatic rings. The van der Waals surface area contributed by atoms with Crippen molar-refractivity contribution in [2.45, 2.75) is 26.8 Å². The Hall–Kier alpha value is -3.38. The molecule has 1 heterocycles. The van der Waals surface area contributed by atoms with Gasteiger partial charge in [-0.3, -0.25) is 9.10 Å². The minimum absolute atomic E-state index is 0.235. The summed E-state index contributed by atoms with van der Waals surface area (Å²) in [4.78, 5) is 13.3. The van der Waals surface area contributed by atoms with Crippen molar-refractivity contribution in [3.63, 3.8) is 0 Å². The topological polar surface area (TPSA) is 66.5 Å². The largest absolute Gasteiger partial charge is 0.345 e. The molecule has 1 atom stereocenters. The van der Waals surface area contributed by atoms with Gasteiger partial charge in [0.2, 0.25) is 0 Å². The van der Waals surface area contributed by atoms with Crippen LogP contribution in [-0.4, -0.2) is 21.4 Å². The fourth-order valence-electron chi connectivity index (χ4n) is 4.25. The third-order valence-electron chi connectivity index (χ3n) is 5.87. The molecule has 3 aromatic carbocycles. The van der Waals surface area contributed by atoms with Gasteiger partial charge in [-0.15, -0.1) is 0 Å². The number of hydrogen-bond donors (Lipinski definition) is 1. The van der Waals surface area contributed by atoms with Gasteiger partial charge in [-0.1, -0.05) is 72.3 Å². The van der Waals surface area contributed by atoms with Crippen molar-refractivity contribution in [3.8, 4) is 0 Å². The average Bonchev–Trinajstić information content (AvgIpc) is 2.76. The summed E-state index contributed by atoms with van der Waals surface area (Å²) in [5.41, 5.74) is 5.49. The third kappa shape index (κ3) is 3.71. The van der Waals surface area contributed by atoms with Gasteiger partial charge in [0.25, 0.3) is 15.9 Å². The van der Waals surface area contributed by atoms with Gasteiger partial charge in [-0.25, -0.2) is 8.42 Å². The maximum Gasteiger partial charge on any atom is 0.270 e. The standard InChI is InChI=1S/C26H26N2O3S/c1-17-14-15-21(18(2)16-17)19(3)27-26(29)25-24(20-10-6-5-7-11-20)22-12-8-9-13-23(22)28(4)32(25,30)31/h5-16,19H,1-4H3,(H,27,29)/t19-/m1/s1. The van der Waals surface area contributed by atoms with Gasteiger partial charge in [-0.2, -0.15) is 0 Å². The first-order valence-electron chi connectivity index (χ1n) is 10.5. The van der Waals surface area contributed by atoms with E-state index in [2.05, 4.69) is 5.32 Å². The number of hydrogen-bond acceptors (Lipinski definition) is 3. The second kappa shape index (κ2) is 8.28. The molecule has 0 fully saturated rings. The highest BCUT2D eigenvalue weighted by molar-refractivity contribution is 7.97. The summed E-state index contributed by atoms with van der Waals surface area (Å²) >= 11 is 0. The lowest BCUT2D eigenvalue weighted by Gasteiger charge is -2.31. The average molecular weight is 447 g/mol. The SMILES string of the molecule is Cc1ccc([C@@H](C)NC(=O)C2=C(c3ccccc3)c3ccccc3N(C)S2(=O)=O)c(C)c1. The predicted molar refractivity (Wildman–Crippen MR) is 129 cm³/mol. The monoisotopic (exact) mass is 446 g/mol. The molecule has 0 aromatic heterocycles. The van der Waals surface area contributed by atoms with Crippen LogP contribution in [0.4, 0.5) is 5.69 Å². The van der Waals surface area contributed by atoms with E-state index in [1.807, 2.05) is 81.4 Å². The first-order valence-corrected chi connectivity index (χ1v) is 11.9. The summed E-state index contributed by atoms with van der Waals surface area (Å²) in [6.07, 6.45) is 0. The van der Waals surface area contributed by atoms with Crippen LogP contribution in [0.15, 0.2) is 77.7 Å². The normalized spacial score (nSPS) is 15.8. The van der Waals surface area contributed by atoms with Crippen LogP contribution < -0.4 is 9.62 Å². The number of para-hydroxylation sites is 1. The molecule has 0 radical (unpaired) electrons. The van der Waals surface area contributed by atoms with Crippen LogP contribution in [-0.2, 0) is 14.8 Å². The number of benzene rings is 3. The van der Waals surface area contributed by atoms with Crippen molar-refractivity contribution in [1.29, 1.82) is 0 Å². The Morgan fingerprint density at radius 3 is 2.28 bits per heavy atom. The van der Waals surface area contributed by atoms with E-state index >= 15 is 0 Å². The van der Waals surface area contributed by atoms with Gasteiger partial charge in [0.15, 0.2) is 4.91 Å². The molecule has 4 rings (SSSR count). The van der Waals surface area contributed by atoms with Crippen LogP contribution in [0.3, 0.4) is 0 Å². The number of fused-ring (bicyclic) bond motifs is 1. The van der Waals surface area contributed by atoms with Crippen molar-refractivity contribution in [3.05, 3.63) is 106 Å². The smallest absolute Gasteiger partial charge is 0.270 e. The Morgan fingerprint density at radius 2 is 1.59 bits per heavy atom. The molecule has 164 valence electrons. The van der Waals surface area contributed by atoms with Gasteiger partial charge in [0.1, 0.15) is 0 Å². The van der Waals surface area contributed by atoms with E-state index < -0.39 is 15.9 Å². The van der Waals surface area contributed by atoms with E-state index in [-0.39, 0.29) is 10.9 Å². The number of rotatable bonds is 4. The quantitative estimate of drug-likeness (QED) is 0.631. The van der Waals surface area contributed by atoms with Crippen molar-refractivity contribution in [2.75, 3.05) is 11.4 Å². The number of anilines is 1. The molecule has 0 unspecified atom stereocenters. The van der Waals surface area contributed by atoms with Crippen LogP contribution in [0, 0.1) is 13.8 Å². The summed E-state index contributed by atoms with van der Waals surface area (Å²) in [6, 6.07) is 22.1. The van der Waals surface area contributed by atoms with Gasteiger partial charge in [0.05, 0.1) is 11.7 Å². The van der Waals surface area contributed by atoms with E-state index in [9.17, 15) is 13.2 Å². The molecule has 32 heavy (non-hydrogen) atoms. The first kappa shape index (κ1) is 21.8. The number of sulfonamides is 1. The molecule has 0 bridgehead atoms. The predicted octanol–water partition coefficient (Wildman–Crippen LogP) is 4.72. The third-order valence-corrected chi connectivity index (χ3v) is 7.69. The zero-order chi connectivity index (χ0) is 23.0. The highest BCUT2D eigenvalue weighted by Gasteiger charge is 2.39. The minimum atomic E-state index is -4.06. The number of carbonyl (C=O) groups is 1. The van der Waals surface area contributed by atoms with Crippen molar-refractivity contribution in [2.24, 2.45) is 0 Å². The Morgan fingerprint density at radius 1 is 0.938 bits per heavy atom. The van der Waals surface area contributed by atoms with E-state index in [4.69, 9.17) is 0 Å². The van der Waals surface area contributed by atoms with Crippen LogP contribution in [0.25, 0.3) is 5.57 Å². The van der Waals surface area contributed by atoms with Crippen molar-refractivity contribution in [1.82, 2.24) is 5.32 Å². The van der Waals surface area contributed by atoms with Crippen LogP contribution in [0.1, 0.15) is 40.8 Å². The molecule has 1 aliphatic rings. The number of aryl methyl sites for hydroxylation is 2. The molecule has 1 N–H and O–H groups in total. The lowest BCUT2D eigenvalue weighted by molar-refractivity contribution is -0.117. The molecule has 0 saturated heterocycles. The molecule has 1 aliphatic heterocycles. The van der Waals surface area contributed by atoms with Crippen LogP contribution in [0.5, 0.6) is 0 Å². The zero-order valence-electron chi connectivity index (χ0n) is 18.6. The molecule has 1 amide bonds. The number of nitrogens with zero attached hydrogens (tertiary/aromatic N) is 1. The molecule has 0 saturated carbocycles. The van der Waals surface area contributed by atoms with E-state index in [0.29, 0.717) is 22.4 Å². The molecule has 5 nitrogen and oxygen atoms in total. The van der Waals surface area contributed by atoms with Gasteiger partial charge < -0.3 is 5.32 Å². The Bertz CT molecular complexity index is 1330. The summed E-state index contributed by atoms with van der Waals surface area (Å²) in [7, 11) is -2.57. The molecular formula is C26H26N2O3S. The van der Waals surface area contributed by atoms with Gasteiger partial charge in [0, 0.05) is 18.2 Å². The lowest BCUT2D eigenvalue weighted by atomic mass is 9.95. The summed E-state index contributed by atoms with van der Waals surface area (Å²) in [6.45, 7) is 5.87. The maximum atomic E-state index is 13.5. The van der Waals surface area contributed by atoms with Crippen LogP contribution >= 0.6 is 0 Å². The zero-order valence-corrected chi connectivity index (χ0v) is 19.4. The van der Waals surface area contributed by atoms with E-state index in [1.165, 1.54) is 11.4 Å². The van der Waals surface area contributed by atoms with Crippen molar-refractivity contribution >= 4 is 27.2 Å². The first-order chi connectivity index (χ1) is 15.2. The Balaban J connectivity index is 1.88. The fourth-order valence-corrected chi connectivity index (χ4v) is 5.72. The maximum absolute atomic E-state index is 13.5. The van der Waals surface area contributed by atoms with E-state index in [1.54, 1.807) is 12.1 Å². The summed E-state index contributed by atoms with van der Waals surface area (Å²) in [5.74, 6) is -0.613. The number of nitrogens with one attached hydrogen (secondary N) is 1. The van der Waals surface area contributed by atoms with Gasteiger partial charge >= 0.3 is 0 Å². The van der Waals surface area contributed by atoms with Crippen molar-refractivity contribution < 1.29 is 13.2 Å². The molecule has 0 spiro atoms. The second-order valence-corrected chi connectivity index (χ2v) is 10.0. The molecular weight excluding hydrogens is 420 g/mol. The number of carbonyl (C=O) groups excluding carboxylic acids is 1. The Kier molecular flexibility index (Phi) is 5.65. The number of amides is 1. The fraction of sp³-hybridized carbons (Fsp3) is 0.192. The minimum Gasteiger partial charge on any atom is -0.345 e.